The summed E-state index contributed by atoms with van der Waals surface area (Å²) in [5.74, 6) is 0. The van der Waals surface area contributed by atoms with E-state index < -0.39 is 0 Å². The molecule has 0 aliphatic carbocycles. The maximum absolute atomic E-state index is 6.43. The summed E-state index contributed by atoms with van der Waals surface area (Å²) in [5, 5.41) is 4.20. The molecule has 6 heteroatoms. The standard InChI is InChI=1S/C51H33N5O/c1-3-44-50(52-2)41-29-32(18-22-45(41)55(44)35-12-5-4-6-13-35)33-20-24-48-39(28-33)40-31-36(21-25-49(40)57-48)56-46-23-19-34(30-42(46)51-47(56)17-11-27-54-51)37-14-7-8-15-38(37)43-16-9-10-26-53-43/h3-31H,1-2H2. The lowest BCUT2D eigenvalue weighted by molar-refractivity contribution is 0.669. The van der Waals surface area contributed by atoms with E-state index in [-0.39, 0.29) is 0 Å². The zero-order chi connectivity index (χ0) is 38.0. The van der Waals surface area contributed by atoms with Crippen molar-refractivity contribution in [2.24, 2.45) is 4.99 Å². The minimum atomic E-state index is 0.815. The number of pyridine rings is 2. The summed E-state index contributed by atoms with van der Waals surface area (Å²) < 4.78 is 10.9. The Bertz CT molecular complexity index is 3390. The first-order valence-corrected chi connectivity index (χ1v) is 18.9. The Kier molecular flexibility index (Phi) is 7.37. The van der Waals surface area contributed by atoms with E-state index >= 15 is 0 Å². The van der Waals surface area contributed by atoms with Gasteiger partial charge >= 0.3 is 0 Å². The molecular weight excluding hydrogens is 699 g/mol. The minimum Gasteiger partial charge on any atom is -0.456 e. The number of hydrogen-bond donors (Lipinski definition) is 0. The number of fused-ring (bicyclic) bond motifs is 7. The zero-order valence-electron chi connectivity index (χ0n) is 30.8. The molecule has 0 aliphatic rings. The summed E-state index contributed by atoms with van der Waals surface area (Å²) in [4.78, 5) is 14.1. The van der Waals surface area contributed by atoms with Crippen molar-refractivity contribution >= 4 is 73.3 Å². The number of aliphatic imine (C=N–C) groups is 1. The molecule has 5 heterocycles. The van der Waals surface area contributed by atoms with E-state index in [2.05, 4.69) is 154 Å². The highest BCUT2D eigenvalue weighted by atomic mass is 16.3. The Hall–Kier alpha value is -7.83. The smallest absolute Gasteiger partial charge is 0.135 e. The molecule has 0 saturated carbocycles. The number of hydrogen-bond acceptors (Lipinski definition) is 4. The molecule has 0 bridgehead atoms. The number of aromatic nitrogens is 4. The first kappa shape index (κ1) is 32.6. The molecule has 0 radical (unpaired) electrons. The Morgan fingerprint density at radius 2 is 1.18 bits per heavy atom. The van der Waals surface area contributed by atoms with Gasteiger partial charge in [0.25, 0.3) is 0 Å². The summed E-state index contributed by atoms with van der Waals surface area (Å²) >= 11 is 0. The minimum absolute atomic E-state index is 0.815. The van der Waals surface area contributed by atoms with Gasteiger partial charge in [-0.05, 0) is 126 Å². The second kappa shape index (κ2) is 12.9. The highest BCUT2D eigenvalue weighted by Crippen LogP contribution is 2.41. The molecule has 0 amide bonds. The Labute approximate surface area is 327 Å². The van der Waals surface area contributed by atoms with Crippen molar-refractivity contribution in [3.05, 3.63) is 182 Å². The number of para-hydroxylation sites is 1. The van der Waals surface area contributed by atoms with Crippen molar-refractivity contribution in [3.63, 3.8) is 0 Å². The Balaban J connectivity index is 1.05. The van der Waals surface area contributed by atoms with Gasteiger partial charge in [0.15, 0.2) is 0 Å². The quantitative estimate of drug-likeness (QED) is 0.153. The van der Waals surface area contributed by atoms with E-state index in [1.807, 2.05) is 54.9 Å². The summed E-state index contributed by atoms with van der Waals surface area (Å²) in [6.45, 7) is 8.06. The van der Waals surface area contributed by atoms with E-state index in [4.69, 9.17) is 9.40 Å². The van der Waals surface area contributed by atoms with Crippen molar-refractivity contribution in [1.29, 1.82) is 0 Å². The third-order valence-electron chi connectivity index (χ3n) is 11.1. The van der Waals surface area contributed by atoms with Crippen LogP contribution in [0.1, 0.15) is 5.69 Å². The topological polar surface area (TPSA) is 61.1 Å². The van der Waals surface area contributed by atoms with Gasteiger partial charge in [-0.1, -0.05) is 73.3 Å². The average molecular weight is 732 g/mol. The second-order valence-electron chi connectivity index (χ2n) is 14.2. The Morgan fingerprint density at radius 1 is 0.509 bits per heavy atom. The molecule has 6 aromatic carbocycles. The lowest BCUT2D eigenvalue weighted by Gasteiger charge is -2.11. The van der Waals surface area contributed by atoms with E-state index in [1.165, 1.54) is 0 Å². The molecule has 6 nitrogen and oxygen atoms in total. The van der Waals surface area contributed by atoms with E-state index in [1.54, 1.807) is 0 Å². The largest absolute Gasteiger partial charge is 0.456 e. The number of benzene rings is 6. The van der Waals surface area contributed by atoms with Crippen LogP contribution in [0.4, 0.5) is 5.69 Å². The molecule has 0 atom stereocenters. The monoisotopic (exact) mass is 731 g/mol. The normalized spacial score (nSPS) is 11.6. The first-order chi connectivity index (χ1) is 28.2. The highest BCUT2D eigenvalue weighted by Gasteiger charge is 2.19. The molecule has 0 saturated heterocycles. The van der Waals surface area contributed by atoms with Crippen LogP contribution in [0.3, 0.4) is 0 Å². The molecule has 57 heavy (non-hydrogen) atoms. The van der Waals surface area contributed by atoms with E-state index in [0.717, 1.165) is 111 Å². The summed E-state index contributed by atoms with van der Waals surface area (Å²) in [7, 11) is 0. The molecule has 0 fully saturated rings. The summed E-state index contributed by atoms with van der Waals surface area (Å²) in [5.41, 5.74) is 16.0. The number of rotatable bonds is 7. The van der Waals surface area contributed by atoms with Crippen LogP contribution in [0.5, 0.6) is 0 Å². The average Bonchev–Trinajstić information content (AvgIpc) is 3.93. The predicted octanol–water partition coefficient (Wildman–Crippen LogP) is 13.4. The van der Waals surface area contributed by atoms with Gasteiger partial charge in [0, 0.05) is 50.9 Å². The first-order valence-electron chi connectivity index (χ1n) is 18.9. The van der Waals surface area contributed by atoms with Crippen molar-refractivity contribution in [1.82, 2.24) is 19.1 Å². The molecule has 5 aromatic heterocycles. The van der Waals surface area contributed by atoms with Crippen LogP contribution in [-0.4, -0.2) is 25.8 Å². The molecule has 0 aliphatic heterocycles. The van der Waals surface area contributed by atoms with Crippen LogP contribution in [0.2, 0.25) is 0 Å². The molecular formula is C51H33N5O. The van der Waals surface area contributed by atoms with Gasteiger partial charge in [0.2, 0.25) is 0 Å². The highest BCUT2D eigenvalue weighted by molar-refractivity contribution is 6.11. The van der Waals surface area contributed by atoms with Crippen LogP contribution in [0.15, 0.2) is 186 Å². The lowest BCUT2D eigenvalue weighted by Crippen LogP contribution is -1.95. The van der Waals surface area contributed by atoms with Gasteiger partial charge in [-0.15, -0.1) is 0 Å². The fourth-order valence-corrected chi connectivity index (χ4v) is 8.53. The van der Waals surface area contributed by atoms with Crippen LogP contribution in [0.25, 0.3) is 106 Å². The Morgan fingerprint density at radius 3 is 1.96 bits per heavy atom. The number of furan rings is 1. The van der Waals surface area contributed by atoms with E-state index in [9.17, 15) is 0 Å². The zero-order valence-corrected chi connectivity index (χ0v) is 30.8. The summed E-state index contributed by atoms with van der Waals surface area (Å²) in [6.07, 6.45) is 5.56. The van der Waals surface area contributed by atoms with Gasteiger partial charge in [-0.3, -0.25) is 15.0 Å². The molecule has 0 N–H and O–H groups in total. The van der Waals surface area contributed by atoms with Crippen LogP contribution >= 0.6 is 0 Å². The lowest BCUT2D eigenvalue weighted by atomic mass is 9.96. The van der Waals surface area contributed by atoms with Crippen LogP contribution in [-0.2, 0) is 0 Å². The molecule has 11 rings (SSSR count). The third kappa shape index (κ3) is 5.08. The van der Waals surface area contributed by atoms with Crippen LogP contribution < -0.4 is 0 Å². The summed E-state index contributed by atoms with van der Waals surface area (Å²) in [6, 6.07) is 55.0. The van der Waals surface area contributed by atoms with Gasteiger partial charge < -0.3 is 13.6 Å². The maximum atomic E-state index is 6.43. The molecule has 0 spiro atoms. The van der Waals surface area contributed by atoms with Gasteiger partial charge in [-0.2, -0.15) is 0 Å². The van der Waals surface area contributed by atoms with Crippen molar-refractivity contribution < 1.29 is 4.42 Å². The molecule has 268 valence electrons. The van der Waals surface area contributed by atoms with Crippen molar-refractivity contribution in [3.8, 4) is 44.9 Å². The molecule has 11 aromatic rings. The van der Waals surface area contributed by atoms with E-state index in [0.29, 0.717) is 0 Å². The fourth-order valence-electron chi connectivity index (χ4n) is 8.53. The van der Waals surface area contributed by atoms with Gasteiger partial charge in [0.05, 0.1) is 39.1 Å². The fraction of sp³-hybridized carbons (Fsp3) is 0. The SMILES string of the molecule is C=Cc1c(N=C)c2cc(-c3ccc4oc5ccc(-n6c7ccc(-c8ccccc8-c8ccccn8)cc7c7ncccc76)cc5c4c3)ccc2n1-c1ccccc1. The number of nitrogens with zero attached hydrogens (tertiary/aromatic N) is 5. The van der Waals surface area contributed by atoms with Gasteiger partial charge in [0.1, 0.15) is 11.2 Å². The van der Waals surface area contributed by atoms with Crippen molar-refractivity contribution in [2.45, 2.75) is 0 Å². The van der Waals surface area contributed by atoms with Crippen LogP contribution in [0, 0.1) is 0 Å². The van der Waals surface area contributed by atoms with Crippen molar-refractivity contribution in [2.75, 3.05) is 0 Å². The maximum Gasteiger partial charge on any atom is 0.135 e. The van der Waals surface area contributed by atoms with Gasteiger partial charge in [-0.25, -0.2) is 0 Å². The molecule has 0 unspecified atom stereocenters. The second-order valence-corrected chi connectivity index (χ2v) is 14.2. The predicted molar refractivity (Wildman–Crippen MR) is 236 cm³/mol. The third-order valence-corrected chi connectivity index (χ3v) is 11.1.